The highest BCUT2D eigenvalue weighted by Gasteiger charge is 2.28. The molecule has 3 heterocycles. The van der Waals surface area contributed by atoms with Crippen LogP contribution >= 0.6 is 11.6 Å². The first-order chi connectivity index (χ1) is 13.1. The number of rotatable bonds is 5. The molecular formula is C18H20ClN5O3. The molecule has 1 aliphatic heterocycles. The van der Waals surface area contributed by atoms with Crippen molar-refractivity contribution in [1.29, 1.82) is 0 Å². The Morgan fingerprint density at radius 3 is 3.11 bits per heavy atom. The molecule has 0 radical (unpaired) electrons. The monoisotopic (exact) mass is 389 g/mol. The van der Waals surface area contributed by atoms with E-state index >= 15 is 0 Å². The van der Waals surface area contributed by atoms with E-state index < -0.39 is 0 Å². The summed E-state index contributed by atoms with van der Waals surface area (Å²) in [6, 6.07) is 5.89. The summed E-state index contributed by atoms with van der Waals surface area (Å²) in [5, 5.41) is 7.41. The van der Waals surface area contributed by atoms with Crippen LogP contribution < -0.4 is 10.2 Å². The van der Waals surface area contributed by atoms with Crippen molar-refractivity contribution in [2.45, 2.75) is 26.2 Å². The number of nitrogens with one attached hydrogen (secondary N) is 1. The van der Waals surface area contributed by atoms with Crippen LogP contribution in [0.1, 0.15) is 24.6 Å². The zero-order chi connectivity index (χ0) is 18.8. The van der Waals surface area contributed by atoms with Crippen molar-refractivity contribution in [2.75, 3.05) is 24.5 Å². The summed E-state index contributed by atoms with van der Waals surface area (Å²) >= 11 is 6.01. The maximum Gasteiger partial charge on any atom is 0.298 e. The van der Waals surface area contributed by atoms with Crippen molar-refractivity contribution in [3.8, 4) is 0 Å². The predicted molar refractivity (Wildman–Crippen MR) is 99.7 cm³/mol. The maximum atomic E-state index is 12.5. The summed E-state index contributed by atoms with van der Waals surface area (Å²) in [6.45, 7) is 3.61. The van der Waals surface area contributed by atoms with E-state index in [1.165, 1.54) is 0 Å². The van der Waals surface area contributed by atoms with Crippen LogP contribution in [0.4, 0.5) is 6.01 Å². The molecule has 0 spiro atoms. The summed E-state index contributed by atoms with van der Waals surface area (Å²) < 4.78 is 10.8. The summed E-state index contributed by atoms with van der Waals surface area (Å²) in [6.07, 6.45) is 2.29. The molecule has 1 atom stereocenters. The topological polar surface area (TPSA) is 97.3 Å². The van der Waals surface area contributed by atoms with Gasteiger partial charge in [-0.05, 0) is 31.0 Å². The van der Waals surface area contributed by atoms with E-state index in [0.29, 0.717) is 47.8 Å². The lowest BCUT2D eigenvalue weighted by Gasteiger charge is -2.30. The average Bonchev–Trinajstić information content (AvgIpc) is 3.27. The van der Waals surface area contributed by atoms with Crippen LogP contribution in [0.2, 0.25) is 5.02 Å². The molecule has 0 saturated carbocycles. The number of aromatic nitrogens is 3. The first kappa shape index (κ1) is 17.8. The van der Waals surface area contributed by atoms with Gasteiger partial charge in [0.15, 0.2) is 11.4 Å². The molecule has 0 aliphatic carbocycles. The van der Waals surface area contributed by atoms with E-state index in [0.717, 1.165) is 24.9 Å². The highest BCUT2D eigenvalue weighted by atomic mass is 35.5. The highest BCUT2D eigenvalue weighted by Crippen LogP contribution is 2.28. The molecule has 0 bridgehead atoms. The third kappa shape index (κ3) is 4.05. The van der Waals surface area contributed by atoms with Gasteiger partial charge < -0.3 is 19.2 Å². The minimum Gasteiger partial charge on any atom is -0.423 e. The number of carbonyl (C=O) groups excluding carboxylic acids is 1. The molecule has 4 rings (SSSR count). The molecule has 142 valence electrons. The number of aryl methyl sites for hydroxylation is 1. The number of amides is 1. The normalized spacial score (nSPS) is 17.4. The van der Waals surface area contributed by atoms with Crippen LogP contribution in [0.25, 0.3) is 11.1 Å². The van der Waals surface area contributed by atoms with Crippen molar-refractivity contribution < 1.29 is 13.7 Å². The molecular weight excluding hydrogens is 370 g/mol. The number of benzene rings is 1. The number of nitrogens with zero attached hydrogens (tertiary/aromatic N) is 4. The fourth-order valence-corrected chi connectivity index (χ4v) is 3.44. The number of carbonyl (C=O) groups is 1. The van der Waals surface area contributed by atoms with Gasteiger partial charge in [-0.2, -0.15) is 9.97 Å². The molecule has 1 N–H and O–H groups in total. The van der Waals surface area contributed by atoms with Gasteiger partial charge in [0.05, 0.1) is 5.92 Å². The van der Waals surface area contributed by atoms with Crippen LogP contribution in [-0.4, -0.2) is 40.7 Å². The van der Waals surface area contributed by atoms with Crippen LogP contribution in [-0.2, 0) is 11.2 Å². The minimum absolute atomic E-state index is 0.0269. The summed E-state index contributed by atoms with van der Waals surface area (Å²) in [4.78, 5) is 23.2. The number of hydrogen-bond acceptors (Lipinski definition) is 7. The van der Waals surface area contributed by atoms with Gasteiger partial charge in [-0.15, -0.1) is 0 Å². The fourth-order valence-electron chi connectivity index (χ4n) is 3.27. The number of fused-ring (bicyclic) bond motifs is 1. The Morgan fingerprint density at radius 2 is 2.30 bits per heavy atom. The van der Waals surface area contributed by atoms with Gasteiger partial charge in [0.25, 0.3) is 6.01 Å². The standard InChI is InChI=1S/C18H20ClN5O3/c1-11-21-16(23-27-11)6-7-20-17(25)12-3-2-8-24(10-12)18-22-14-9-13(19)4-5-15(14)26-18/h4-5,9,12H,2-3,6-8,10H2,1H3,(H,20,25). The molecule has 1 aliphatic rings. The first-order valence-electron chi connectivity index (χ1n) is 8.96. The zero-order valence-electron chi connectivity index (χ0n) is 14.9. The Labute approximate surface area is 160 Å². The predicted octanol–water partition coefficient (Wildman–Crippen LogP) is 2.75. The first-order valence-corrected chi connectivity index (χ1v) is 9.34. The van der Waals surface area contributed by atoms with Gasteiger partial charge in [-0.25, -0.2) is 0 Å². The second-order valence-corrected chi connectivity index (χ2v) is 7.10. The molecule has 2 aromatic heterocycles. The van der Waals surface area contributed by atoms with Gasteiger partial charge in [0, 0.05) is 38.0 Å². The Balaban J connectivity index is 1.35. The molecule has 3 aromatic rings. The molecule has 1 aromatic carbocycles. The van der Waals surface area contributed by atoms with Crippen LogP contribution in [0, 0.1) is 12.8 Å². The Morgan fingerprint density at radius 1 is 1.41 bits per heavy atom. The second-order valence-electron chi connectivity index (χ2n) is 6.66. The lowest BCUT2D eigenvalue weighted by Crippen LogP contribution is -2.43. The van der Waals surface area contributed by atoms with Gasteiger partial charge >= 0.3 is 0 Å². The third-order valence-electron chi connectivity index (χ3n) is 4.62. The van der Waals surface area contributed by atoms with Crippen LogP contribution in [0.3, 0.4) is 0 Å². The van der Waals surface area contributed by atoms with Gasteiger partial charge in [-0.3, -0.25) is 4.79 Å². The molecule has 1 unspecified atom stereocenters. The van der Waals surface area contributed by atoms with Gasteiger partial charge in [-0.1, -0.05) is 16.8 Å². The third-order valence-corrected chi connectivity index (χ3v) is 4.85. The number of oxazole rings is 1. The average molecular weight is 390 g/mol. The second kappa shape index (κ2) is 7.56. The zero-order valence-corrected chi connectivity index (χ0v) is 15.7. The van der Waals surface area contributed by atoms with Crippen molar-refractivity contribution in [3.63, 3.8) is 0 Å². The highest BCUT2D eigenvalue weighted by molar-refractivity contribution is 6.31. The molecule has 8 nitrogen and oxygen atoms in total. The quantitative estimate of drug-likeness (QED) is 0.716. The van der Waals surface area contributed by atoms with Crippen molar-refractivity contribution in [3.05, 3.63) is 34.9 Å². The van der Waals surface area contributed by atoms with Crippen LogP contribution in [0.15, 0.2) is 27.1 Å². The fraction of sp³-hybridized carbons (Fsp3) is 0.444. The number of anilines is 1. The lowest BCUT2D eigenvalue weighted by molar-refractivity contribution is -0.125. The molecule has 9 heteroatoms. The number of hydrogen-bond donors (Lipinski definition) is 1. The Kier molecular flexibility index (Phi) is 4.98. The molecule has 1 fully saturated rings. The summed E-state index contributed by atoms with van der Waals surface area (Å²) in [5.74, 6) is 1.05. The Hall–Kier alpha value is -2.61. The van der Waals surface area contributed by atoms with Crippen molar-refractivity contribution >= 4 is 34.6 Å². The van der Waals surface area contributed by atoms with E-state index in [-0.39, 0.29) is 11.8 Å². The maximum absolute atomic E-state index is 12.5. The van der Waals surface area contributed by atoms with E-state index in [9.17, 15) is 4.79 Å². The lowest BCUT2D eigenvalue weighted by atomic mass is 9.97. The Bertz CT molecular complexity index is 954. The SMILES string of the molecule is Cc1nc(CCNC(=O)C2CCCN(c3nc4cc(Cl)ccc4o3)C2)no1. The molecule has 1 amide bonds. The number of halogens is 1. The molecule has 1 saturated heterocycles. The summed E-state index contributed by atoms with van der Waals surface area (Å²) in [7, 11) is 0. The van der Waals surface area contributed by atoms with E-state index in [2.05, 4.69) is 20.4 Å². The van der Waals surface area contributed by atoms with E-state index in [4.69, 9.17) is 20.5 Å². The minimum atomic E-state index is -0.107. The van der Waals surface area contributed by atoms with Crippen LogP contribution in [0.5, 0.6) is 0 Å². The molecule has 27 heavy (non-hydrogen) atoms. The summed E-state index contributed by atoms with van der Waals surface area (Å²) in [5.41, 5.74) is 1.41. The number of piperidine rings is 1. The van der Waals surface area contributed by atoms with E-state index in [1.54, 1.807) is 19.1 Å². The largest absolute Gasteiger partial charge is 0.423 e. The van der Waals surface area contributed by atoms with Crippen molar-refractivity contribution in [2.24, 2.45) is 5.92 Å². The van der Waals surface area contributed by atoms with Crippen molar-refractivity contribution in [1.82, 2.24) is 20.4 Å². The smallest absolute Gasteiger partial charge is 0.298 e. The van der Waals surface area contributed by atoms with Gasteiger partial charge in [0.2, 0.25) is 11.8 Å². The van der Waals surface area contributed by atoms with E-state index in [1.807, 2.05) is 11.0 Å². The van der Waals surface area contributed by atoms with Gasteiger partial charge in [0.1, 0.15) is 5.52 Å².